The summed E-state index contributed by atoms with van der Waals surface area (Å²) in [6, 6.07) is 9.94. The van der Waals surface area contributed by atoms with Gasteiger partial charge in [-0.3, -0.25) is 9.59 Å². The molecule has 4 nitrogen and oxygen atoms in total. The number of carboxylic acid groups (broad SMARTS) is 1. The monoisotopic (exact) mass is 287 g/mol. The molecule has 0 radical (unpaired) electrons. The predicted octanol–water partition coefficient (Wildman–Crippen LogP) is 2.33. The van der Waals surface area contributed by atoms with Crippen LogP contribution in [0.1, 0.15) is 31.2 Å². The van der Waals surface area contributed by atoms with Crippen LogP contribution in [0.15, 0.2) is 30.3 Å². The normalized spacial score (nSPS) is 27.6. The number of aliphatic carboxylic acids is 1. The third-order valence-electron chi connectivity index (χ3n) is 5.12. The molecule has 1 amide bonds. The van der Waals surface area contributed by atoms with E-state index in [0.29, 0.717) is 19.5 Å². The molecule has 2 aliphatic rings. The standard InChI is InChI=1S/C17H21NO3/c19-15(9-8-13-5-2-1-3-6-13)18-11-14-7-4-10-17(14,12-18)16(20)21/h1-3,5-6,14H,4,7-12H2,(H,20,21)/t14-,17+/m0/s1. The lowest BCUT2D eigenvalue weighted by Gasteiger charge is -2.23. The number of carboxylic acids is 1. The zero-order valence-electron chi connectivity index (χ0n) is 12.1. The molecule has 1 aliphatic heterocycles. The number of likely N-dealkylation sites (tertiary alicyclic amines) is 1. The van der Waals surface area contributed by atoms with Crippen LogP contribution in [-0.4, -0.2) is 35.0 Å². The Balaban J connectivity index is 1.61. The Bertz CT molecular complexity index is 542. The molecule has 0 unspecified atom stereocenters. The summed E-state index contributed by atoms with van der Waals surface area (Å²) in [4.78, 5) is 25.7. The van der Waals surface area contributed by atoms with Crippen molar-refractivity contribution in [2.45, 2.75) is 32.1 Å². The van der Waals surface area contributed by atoms with Gasteiger partial charge in [0.1, 0.15) is 0 Å². The predicted molar refractivity (Wildman–Crippen MR) is 78.8 cm³/mol. The highest BCUT2D eigenvalue weighted by Gasteiger charge is 2.55. The quantitative estimate of drug-likeness (QED) is 0.924. The van der Waals surface area contributed by atoms with E-state index >= 15 is 0 Å². The van der Waals surface area contributed by atoms with Crippen molar-refractivity contribution in [3.63, 3.8) is 0 Å². The molecule has 1 N–H and O–H groups in total. The van der Waals surface area contributed by atoms with E-state index in [1.54, 1.807) is 4.90 Å². The first kappa shape index (κ1) is 14.1. The Labute approximate surface area is 124 Å². The van der Waals surface area contributed by atoms with E-state index in [1.807, 2.05) is 30.3 Å². The molecule has 1 heterocycles. The van der Waals surface area contributed by atoms with Gasteiger partial charge < -0.3 is 10.0 Å². The number of carbonyl (C=O) groups excluding carboxylic acids is 1. The number of hydrogen-bond acceptors (Lipinski definition) is 2. The van der Waals surface area contributed by atoms with Gasteiger partial charge in [-0.2, -0.15) is 0 Å². The van der Waals surface area contributed by atoms with Gasteiger partial charge in [0.05, 0.1) is 5.41 Å². The van der Waals surface area contributed by atoms with Crippen LogP contribution in [0.2, 0.25) is 0 Å². The topological polar surface area (TPSA) is 57.6 Å². The van der Waals surface area contributed by atoms with Crippen molar-refractivity contribution in [1.82, 2.24) is 4.90 Å². The van der Waals surface area contributed by atoms with Crippen molar-refractivity contribution >= 4 is 11.9 Å². The maximum atomic E-state index is 12.3. The van der Waals surface area contributed by atoms with Gasteiger partial charge in [-0.15, -0.1) is 0 Å². The van der Waals surface area contributed by atoms with Gasteiger partial charge in [0, 0.05) is 19.5 Å². The highest BCUT2D eigenvalue weighted by atomic mass is 16.4. The van der Waals surface area contributed by atoms with E-state index in [0.717, 1.165) is 31.2 Å². The summed E-state index contributed by atoms with van der Waals surface area (Å²) in [5.41, 5.74) is 0.487. The summed E-state index contributed by atoms with van der Waals surface area (Å²) in [5.74, 6) is -0.479. The van der Waals surface area contributed by atoms with Crippen LogP contribution in [0, 0.1) is 11.3 Å². The average molecular weight is 287 g/mol. The number of carbonyl (C=O) groups is 2. The lowest BCUT2D eigenvalue weighted by Crippen LogP contribution is -2.37. The average Bonchev–Trinajstić information content (AvgIpc) is 3.03. The second kappa shape index (κ2) is 5.51. The fourth-order valence-electron chi connectivity index (χ4n) is 3.88. The van der Waals surface area contributed by atoms with Gasteiger partial charge in [-0.1, -0.05) is 36.8 Å². The molecule has 0 aromatic heterocycles. The molecule has 1 saturated carbocycles. The number of amides is 1. The Morgan fingerprint density at radius 3 is 2.71 bits per heavy atom. The van der Waals surface area contributed by atoms with Crippen LogP contribution < -0.4 is 0 Å². The lowest BCUT2D eigenvalue weighted by molar-refractivity contribution is -0.149. The molecule has 2 fully saturated rings. The van der Waals surface area contributed by atoms with Crippen LogP contribution in [0.3, 0.4) is 0 Å². The summed E-state index contributed by atoms with van der Waals surface area (Å²) < 4.78 is 0. The van der Waals surface area contributed by atoms with E-state index in [1.165, 1.54) is 0 Å². The molecule has 0 spiro atoms. The molecule has 112 valence electrons. The second-order valence-electron chi connectivity index (χ2n) is 6.31. The van der Waals surface area contributed by atoms with Crippen molar-refractivity contribution in [3.8, 4) is 0 Å². The highest BCUT2D eigenvalue weighted by Crippen LogP contribution is 2.48. The number of nitrogens with zero attached hydrogens (tertiary/aromatic N) is 1. The molecule has 4 heteroatoms. The minimum absolute atomic E-state index is 0.0916. The number of fused-ring (bicyclic) bond motifs is 1. The molecule has 0 bridgehead atoms. The van der Waals surface area contributed by atoms with Gasteiger partial charge in [-0.05, 0) is 30.7 Å². The van der Waals surface area contributed by atoms with E-state index in [-0.39, 0.29) is 11.8 Å². The second-order valence-corrected chi connectivity index (χ2v) is 6.31. The SMILES string of the molecule is O=C(CCc1ccccc1)N1C[C@@H]2CCC[C@@]2(C(=O)O)C1. The number of aryl methyl sites for hydroxylation is 1. The van der Waals surface area contributed by atoms with Crippen LogP contribution in [0.25, 0.3) is 0 Å². The first-order valence-corrected chi connectivity index (χ1v) is 7.67. The zero-order valence-corrected chi connectivity index (χ0v) is 12.1. The first-order valence-electron chi connectivity index (χ1n) is 7.67. The number of rotatable bonds is 4. The Kier molecular flexibility index (Phi) is 3.70. The van der Waals surface area contributed by atoms with Crippen LogP contribution in [0.4, 0.5) is 0 Å². The molecular formula is C17H21NO3. The molecule has 3 rings (SSSR count). The van der Waals surface area contributed by atoms with Crippen LogP contribution >= 0.6 is 0 Å². The molecule has 1 aliphatic carbocycles. The van der Waals surface area contributed by atoms with Crippen LogP contribution in [-0.2, 0) is 16.0 Å². The highest BCUT2D eigenvalue weighted by molar-refractivity contribution is 5.81. The maximum Gasteiger partial charge on any atom is 0.311 e. The fraction of sp³-hybridized carbons (Fsp3) is 0.529. The maximum absolute atomic E-state index is 12.3. The van der Waals surface area contributed by atoms with E-state index < -0.39 is 11.4 Å². The van der Waals surface area contributed by atoms with Gasteiger partial charge in [-0.25, -0.2) is 0 Å². The largest absolute Gasteiger partial charge is 0.481 e. The van der Waals surface area contributed by atoms with Crippen molar-refractivity contribution in [1.29, 1.82) is 0 Å². The Morgan fingerprint density at radius 2 is 2.05 bits per heavy atom. The van der Waals surface area contributed by atoms with Gasteiger partial charge >= 0.3 is 5.97 Å². The zero-order chi connectivity index (χ0) is 14.9. The van der Waals surface area contributed by atoms with Crippen molar-refractivity contribution in [2.24, 2.45) is 11.3 Å². The number of benzene rings is 1. The minimum atomic E-state index is -0.719. The summed E-state index contributed by atoms with van der Waals surface area (Å²) in [5, 5.41) is 9.54. The minimum Gasteiger partial charge on any atom is -0.481 e. The van der Waals surface area contributed by atoms with Crippen molar-refractivity contribution in [2.75, 3.05) is 13.1 Å². The van der Waals surface area contributed by atoms with Crippen molar-refractivity contribution < 1.29 is 14.7 Å². The van der Waals surface area contributed by atoms with Gasteiger partial charge in [0.25, 0.3) is 0 Å². The Morgan fingerprint density at radius 1 is 1.29 bits per heavy atom. The third kappa shape index (κ3) is 2.55. The van der Waals surface area contributed by atoms with E-state index in [4.69, 9.17) is 0 Å². The Hall–Kier alpha value is -1.84. The molecule has 21 heavy (non-hydrogen) atoms. The van der Waals surface area contributed by atoms with E-state index in [2.05, 4.69) is 0 Å². The summed E-state index contributed by atoms with van der Waals surface area (Å²) in [6.07, 6.45) is 3.82. The third-order valence-corrected chi connectivity index (χ3v) is 5.12. The summed E-state index contributed by atoms with van der Waals surface area (Å²) >= 11 is 0. The fourth-order valence-corrected chi connectivity index (χ4v) is 3.88. The molecular weight excluding hydrogens is 266 g/mol. The van der Waals surface area contributed by atoms with E-state index in [9.17, 15) is 14.7 Å². The molecule has 1 saturated heterocycles. The summed E-state index contributed by atoms with van der Waals surface area (Å²) in [6.45, 7) is 1.03. The molecule has 2 atom stereocenters. The summed E-state index contributed by atoms with van der Waals surface area (Å²) in [7, 11) is 0. The number of hydrogen-bond donors (Lipinski definition) is 1. The smallest absolute Gasteiger partial charge is 0.311 e. The lowest BCUT2D eigenvalue weighted by atomic mass is 9.81. The van der Waals surface area contributed by atoms with Crippen molar-refractivity contribution in [3.05, 3.63) is 35.9 Å². The van der Waals surface area contributed by atoms with Gasteiger partial charge in [0.2, 0.25) is 5.91 Å². The van der Waals surface area contributed by atoms with Crippen LogP contribution in [0.5, 0.6) is 0 Å². The molecule has 1 aromatic rings. The molecule has 1 aromatic carbocycles. The van der Waals surface area contributed by atoms with Gasteiger partial charge in [0.15, 0.2) is 0 Å². The first-order chi connectivity index (χ1) is 10.1.